The van der Waals surface area contributed by atoms with Crippen molar-refractivity contribution in [1.82, 2.24) is 9.38 Å². The summed E-state index contributed by atoms with van der Waals surface area (Å²) in [6.07, 6.45) is 0. The molecule has 0 amide bonds. The Balaban J connectivity index is 2.38. The van der Waals surface area contributed by atoms with E-state index in [4.69, 9.17) is 0 Å². The molecule has 2 aromatic carbocycles. The van der Waals surface area contributed by atoms with Gasteiger partial charge in [-0.1, -0.05) is 34.1 Å². The Hall–Kier alpha value is -2.40. The number of H-pyrrole nitrogens is 1. The van der Waals surface area contributed by atoms with E-state index < -0.39 is 0 Å². The zero-order valence-electron chi connectivity index (χ0n) is 10.8. The van der Waals surface area contributed by atoms with Crippen molar-refractivity contribution >= 4 is 43.3 Å². The van der Waals surface area contributed by atoms with Gasteiger partial charge in [0.15, 0.2) is 0 Å². The Morgan fingerprint density at radius 2 is 1.76 bits per heavy atom. The van der Waals surface area contributed by atoms with Crippen molar-refractivity contribution < 1.29 is 0 Å². The first kappa shape index (κ1) is 12.3. The highest BCUT2D eigenvalue weighted by Crippen LogP contribution is 2.18. The van der Waals surface area contributed by atoms with Gasteiger partial charge in [-0.15, -0.1) is 0 Å². The Morgan fingerprint density at radius 3 is 2.62 bits per heavy atom. The van der Waals surface area contributed by atoms with Gasteiger partial charge < -0.3 is 4.98 Å². The highest BCUT2D eigenvalue weighted by molar-refractivity contribution is 9.10. The van der Waals surface area contributed by atoms with Crippen LogP contribution in [0.3, 0.4) is 0 Å². The molecule has 0 aliphatic rings. The molecule has 0 atom stereocenters. The number of rotatable bonds is 0. The molecule has 0 spiro atoms. The van der Waals surface area contributed by atoms with Gasteiger partial charge in [0.05, 0.1) is 10.9 Å². The summed E-state index contributed by atoms with van der Waals surface area (Å²) in [5.74, 6) is 0. The largest absolute Gasteiger partial charge is 0.308 e. The minimum absolute atomic E-state index is 0.133. The van der Waals surface area contributed by atoms with Gasteiger partial charge in [-0.2, -0.15) is 0 Å². The van der Waals surface area contributed by atoms with Crippen LogP contribution in [-0.2, 0) is 0 Å². The lowest BCUT2D eigenvalue weighted by Crippen LogP contribution is -2.20. The number of nitrogens with one attached hydrogen (secondary N) is 1. The van der Waals surface area contributed by atoms with Crippen molar-refractivity contribution in [3.05, 3.63) is 73.7 Å². The van der Waals surface area contributed by atoms with Gasteiger partial charge in [0.1, 0.15) is 5.65 Å². The fourth-order valence-corrected chi connectivity index (χ4v) is 3.02. The summed E-state index contributed by atoms with van der Waals surface area (Å²) < 4.78 is 2.35. The normalized spacial score (nSPS) is 11.5. The standard InChI is InChI=1S/C16H9BrN2O2/c17-10-5-6-13-12(8-10)15(20)18-14-7-9-3-1-2-4-11(9)16(21)19(13)14/h1-8H,(H,18,20). The van der Waals surface area contributed by atoms with Crippen LogP contribution in [0.25, 0.3) is 27.3 Å². The van der Waals surface area contributed by atoms with E-state index in [2.05, 4.69) is 20.9 Å². The van der Waals surface area contributed by atoms with Crippen LogP contribution in [0.5, 0.6) is 0 Å². The lowest BCUT2D eigenvalue weighted by atomic mass is 10.1. The molecule has 4 aromatic rings. The second-order valence-corrected chi connectivity index (χ2v) is 5.79. The molecule has 0 aliphatic carbocycles. The van der Waals surface area contributed by atoms with Crippen molar-refractivity contribution in [1.29, 1.82) is 0 Å². The highest BCUT2D eigenvalue weighted by atomic mass is 79.9. The second kappa shape index (κ2) is 4.30. The second-order valence-electron chi connectivity index (χ2n) is 4.87. The number of hydrogen-bond acceptors (Lipinski definition) is 2. The van der Waals surface area contributed by atoms with Crippen molar-refractivity contribution in [3.63, 3.8) is 0 Å². The number of aromatic nitrogens is 2. The molecule has 0 fully saturated rings. The maximum Gasteiger partial charge on any atom is 0.264 e. The van der Waals surface area contributed by atoms with E-state index >= 15 is 0 Å². The lowest BCUT2D eigenvalue weighted by Gasteiger charge is -2.08. The fraction of sp³-hybridized carbons (Fsp3) is 0. The molecule has 0 saturated heterocycles. The molecule has 102 valence electrons. The summed E-state index contributed by atoms with van der Waals surface area (Å²) in [5.41, 5.74) is 0.763. The van der Waals surface area contributed by atoms with E-state index in [1.54, 1.807) is 22.6 Å². The molecule has 4 nitrogen and oxygen atoms in total. The predicted octanol–water partition coefficient (Wildman–Crippen LogP) is 3.06. The zero-order chi connectivity index (χ0) is 14.6. The molecule has 5 heteroatoms. The molecule has 4 rings (SSSR count). The maximum absolute atomic E-state index is 12.7. The third-order valence-corrected chi connectivity index (χ3v) is 4.11. The lowest BCUT2D eigenvalue weighted by molar-refractivity contribution is 1.10. The third-order valence-electron chi connectivity index (χ3n) is 3.61. The molecule has 21 heavy (non-hydrogen) atoms. The summed E-state index contributed by atoms with van der Waals surface area (Å²) in [6, 6.07) is 14.5. The summed E-state index contributed by atoms with van der Waals surface area (Å²) in [7, 11) is 0. The first-order chi connectivity index (χ1) is 10.1. The van der Waals surface area contributed by atoms with Crippen molar-refractivity contribution in [2.75, 3.05) is 0 Å². The van der Waals surface area contributed by atoms with Crippen molar-refractivity contribution in [2.24, 2.45) is 0 Å². The number of benzene rings is 2. The van der Waals surface area contributed by atoms with Gasteiger partial charge in [-0.3, -0.25) is 14.0 Å². The topological polar surface area (TPSA) is 54.3 Å². The van der Waals surface area contributed by atoms with Gasteiger partial charge >= 0.3 is 0 Å². The fourth-order valence-electron chi connectivity index (χ4n) is 2.66. The van der Waals surface area contributed by atoms with Crippen LogP contribution in [0.1, 0.15) is 0 Å². The highest BCUT2D eigenvalue weighted by Gasteiger charge is 2.09. The Kier molecular flexibility index (Phi) is 2.53. The monoisotopic (exact) mass is 340 g/mol. The molecule has 2 aromatic heterocycles. The average molecular weight is 341 g/mol. The van der Waals surface area contributed by atoms with Crippen LogP contribution in [0.2, 0.25) is 0 Å². The van der Waals surface area contributed by atoms with Gasteiger partial charge in [0.25, 0.3) is 11.1 Å². The Bertz CT molecular complexity index is 1140. The molecule has 1 N–H and O–H groups in total. The first-order valence-corrected chi connectivity index (χ1v) is 7.20. The zero-order valence-corrected chi connectivity index (χ0v) is 12.3. The molecule has 0 radical (unpaired) electrons. The summed E-state index contributed by atoms with van der Waals surface area (Å²) >= 11 is 3.35. The van der Waals surface area contributed by atoms with Gasteiger partial charge in [0, 0.05) is 9.86 Å². The number of pyridine rings is 1. The molecule has 0 bridgehead atoms. The van der Waals surface area contributed by atoms with Crippen LogP contribution in [0, 0.1) is 0 Å². The predicted molar refractivity (Wildman–Crippen MR) is 87.0 cm³/mol. The minimum atomic E-state index is -0.207. The van der Waals surface area contributed by atoms with E-state index in [0.29, 0.717) is 21.9 Å². The molecular weight excluding hydrogens is 332 g/mol. The van der Waals surface area contributed by atoms with Crippen LogP contribution >= 0.6 is 15.9 Å². The average Bonchev–Trinajstić information content (AvgIpc) is 2.48. The maximum atomic E-state index is 12.7. The molecule has 0 unspecified atom stereocenters. The smallest absolute Gasteiger partial charge is 0.264 e. The van der Waals surface area contributed by atoms with E-state index in [1.807, 2.05) is 30.3 Å². The van der Waals surface area contributed by atoms with Crippen LogP contribution in [0.4, 0.5) is 0 Å². The van der Waals surface area contributed by atoms with E-state index in [0.717, 1.165) is 9.86 Å². The Labute approximate surface area is 126 Å². The molecule has 0 aliphatic heterocycles. The third kappa shape index (κ3) is 1.74. The summed E-state index contributed by atoms with van der Waals surface area (Å²) in [5, 5.41) is 1.93. The number of fused-ring (bicyclic) bond motifs is 4. The summed E-state index contributed by atoms with van der Waals surface area (Å²) in [4.78, 5) is 27.7. The van der Waals surface area contributed by atoms with E-state index in [1.165, 1.54) is 0 Å². The molecule has 0 saturated carbocycles. The van der Waals surface area contributed by atoms with E-state index in [9.17, 15) is 9.59 Å². The van der Waals surface area contributed by atoms with E-state index in [-0.39, 0.29) is 11.1 Å². The van der Waals surface area contributed by atoms with Crippen molar-refractivity contribution in [3.8, 4) is 0 Å². The number of halogens is 1. The SMILES string of the molecule is O=c1[nH]c2cc3ccccc3c(=O)n2c2ccc(Br)cc12. The number of nitrogens with zero attached hydrogens (tertiary/aromatic N) is 1. The number of hydrogen-bond donors (Lipinski definition) is 1. The summed E-state index contributed by atoms with van der Waals surface area (Å²) in [6.45, 7) is 0. The number of aromatic amines is 1. The van der Waals surface area contributed by atoms with Gasteiger partial charge in [0.2, 0.25) is 0 Å². The molecular formula is C16H9BrN2O2. The van der Waals surface area contributed by atoms with Crippen LogP contribution in [-0.4, -0.2) is 9.38 Å². The van der Waals surface area contributed by atoms with Gasteiger partial charge in [-0.05, 0) is 35.7 Å². The molecule has 2 heterocycles. The van der Waals surface area contributed by atoms with Crippen LogP contribution < -0.4 is 11.1 Å². The Morgan fingerprint density at radius 1 is 0.952 bits per heavy atom. The van der Waals surface area contributed by atoms with Crippen LogP contribution in [0.15, 0.2) is 62.6 Å². The minimum Gasteiger partial charge on any atom is -0.308 e. The van der Waals surface area contributed by atoms with Crippen molar-refractivity contribution in [2.45, 2.75) is 0 Å². The van der Waals surface area contributed by atoms with Gasteiger partial charge in [-0.25, -0.2) is 0 Å². The quantitative estimate of drug-likeness (QED) is 0.395. The first-order valence-electron chi connectivity index (χ1n) is 6.41.